The molecule has 0 bridgehead atoms. The highest BCUT2D eigenvalue weighted by atomic mass is 32.2. The predicted molar refractivity (Wildman–Crippen MR) is 118 cm³/mol. The van der Waals surface area contributed by atoms with Crippen molar-refractivity contribution in [3.8, 4) is 11.1 Å². The Morgan fingerprint density at radius 3 is 2.52 bits per heavy atom. The number of nitrogens with two attached hydrogens (primary N) is 1. The lowest BCUT2D eigenvalue weighted by molar-refractivity contribution is -0.141. The van der Waals surface area contributed by atoms with Gasteiger partial charge in [-0.3, -0.25) is 0 Å². The molecule has 0 saturated heterocycles. The van der Waals surface area contributed by atoms with E-state index in [9.17, 15) is 21.6 Å². The van der Waals surface area contributed by atoms with Crippen molar-refractivity contribution in [3.63, 3.8) is 0 Å². The van der Waals surface area contributed by atoms with Gasteiger partial charge in [0.15, 0.2) is 9.84 Å². The number of anilines is 2. The van der Waals surface area contributed by atoms with Crippen LogP contribution < -0.4 is 11.1 Å². The average molecular weight is 478 g/mol. The van der Waals surface area contributed by atoms with E-state index in [0.29, 0.717) is 11.4 Å². The topological polar surface area (TPSA) is 111 Å². The molecule has 33 heavy (non-hydrogen) atoms. The van der Waals surface area contributed by atoms with Crippen molar-refractivity contribution in [2.75, 3.05) is 17.3 Å². The number of hydrogen-bond donors (Lipinski definition) is 2. The third-order valence-electron chi connectivity index (χ3n) is 5.63. The lowest BCUT2D eigenvalue weighted by atomic mass is 9.77. The first-order valence-corrected chi connectivity index (χ1v) is 12.2. The summed E-state index contributed by atoms with van der Waals surface area (Å²) in [5, 5.41) is 3.02. The first kappa shape index (κ1) is 23.0. The van der Waals surface area contributed by atoms with Crippen molar-refractivity contribution in [1.29, 1.82) is 0 Å². The molecule has 1 aliphatic carbocycles. The highest BCUT2D eigenvalue weighted by Gasteiger charge is 2.32. The summed E-state index contributed by atoms with van der Waals surface area (Å²) < 4.78 is 63.1. The molecule has 0 aliphatic heterocycles. The van der Waals surface area contributed by atoms with Gasteiger partial charge in [-0.25, -0.2) is 18.4 Å². The summed E-state index contributed by atoms with van der Waals surface area (Å²) in [5.74, 6) is 0.530. The summed E-state index contributed by atoms with van der Waals surface area (Å²) in [6.45, 7) is -0.0203. The number of halogens is 3. The van der Waals surface area contributed by atoms with E-state index in [2.05, 4.69) is 20.3 Å². The van der Waals surface area contributed by atoms with Crippen LogP contribution >= 0.6 is 0 Å². The molecule has 2 aromatic heterocycles. The van der Waals surface area contributed by atoms with Crippen molar-refractivity contribution in [3.05, 3.63) is 59.5 Å². The molecule has 7 nitrogen and oxygen atoms in total. The molecule has 1 aliphatic rings. The van der Waals surface area contributed by atoms with Crippen LogP contribution in [-0.4, -0.2) is 29.6 Å². The highest BCUT2D eigenvalue weighted by Crippen LogP contribution is 2.43. The summed E-state index contributed by atoms with van der Waals surface area (Å²) >= 11 is 0. The number of rotatable bonds is 6. The molecule has 11 heteroatoms. The molecule has 1 fully saturated rings. The number of nitrogen functional groups attached to an aromatic ring is 1. The van der Waals surface area contributed by atoms with E-state index in [0.717, 1.165) is 42.7 Å². The van der Waals surface area contributed by atoms with Crippen LogP contribution in [0.15, 0.2) is 47.5 Å². The lowest BCUT2D eigenvalue weighted by Gasteiger charge is -2.29. The fraction of sp³-hybridized carbons (Fsp3) is 0.318. The second-order valence-electron chi connectivity index (χ2n) is 8.01. The van der Waals surface area contributed by atoms with Crippen LogP contribution in [0, 0.1) is 0 Å². The van der Waals surface area contributed by atoms with Gasteiger partial charge in [0.25, 0.3) is 0 Å². The third kappa shape index (κ3) is 5.08. The van der Waals surface area contributed by atoms with Crippen molar-refractivity contribution in [1.82, 2.24) is 15.0 Å². The second-order valence-corrected chi connectivity index (χ2v) is 10.0. The van der Waals surface area contributed by atoms with Gasteiger partial charge in [0.2, 0.25) is 5.95 Å². The Kier molecular flexibility index (Phi) is 6.00. The number of pyridine rings is 1. The monoisotopic (exact) mass is 477 g/mol. The molecule has 1 aromatic carbocycles. The Morgan fingerprint density at radius 1 is 1.12 bits per heavy atom. The van der Waals surface area contributed by atoms with E-state index in [1.807, 2.05) is 0 Å². The van der Waals surface area contributed by atoms with E-state index in [1.165, 1.54) is 24.4 Å². The van der Waals surface area contributed by atoms with Crippen LogP contribution in [0.2, 0.25) is 0 Å². The molecule has 0 unspecified atom stereocenters. The minimum absolute atomic E-state index is 0.00352. The van der Waals surface area contributed by atoms with Gasteiger partial charge in [0.1, 0.15) is 11.5 Å². The standard InChI is InChI=1S/C22H22F3N5O2S/c1-33(31,32)15-8-9-16(17(10-15)13-4-2-5-13)18-12-28-21(26)30-20(18)27-11-14-6-3-7-19(29-14)22(23,24)25/h3,6-10,12-13H,2,4-5,11H2,1H3,(H3,26,27,28,30). The van der Waals surface area contributed by atoms with Crippen LogP contribution in [0.5, 0.6) is 0 Å². The summed E-state index contributed by atoms with van der Waals surface area (Å²) in [7, 11) is -3.39. The van der Waals surface area contributed by atoms with Crippen LogP contribution in [-0.2, 0) is 22.6 Å². The molecular formula is C22H22F3N5O2S. The van der Waals surface area contributed by atoms with E-state index in [-0.39, 0.29) is 29.0 Å². The van der Waals surface area contributed by atoms with E-state index >= 15 is 0 Å². The summed E-state index contributed by atoms with van der Waals surface area (Å²) in [5.41, 5.74) is 7.18. The van der Waals surface area contributed by atoms with E-state index in [1.54, 1.807) is 12.1 Å². The molecule has 4 rings (SSSR count). The Bertz CT molecular complexity index is 1290. The SMILES string of the molecule is CS(=O)(=O)c1ccc(-c2cnc(N)nc2NCc2cccc(C(F)(F)F)n2)c(C2CCC2)c1. The van der Waals surface area contributed by atoms with Crippen molar-refractivity contribution in [2.45, 2.75) is 42.8 Å². The van der Waals surface area contributed by atoms with Crippen LogP contribution in [0.1, 0.15) is 42.1 Å². The quantitative estimate of drug-likeness (QED) is 0.541. The van der Waals surface area contributed by atoms with Gasteiger partial charge in [-0.15, -0.1) is 0 Å². The predicted octanol–water partition coefficient (Wildman–Crippen LogP) is 4.42. The number of hydrogen-bond acceptors (Lipinski definition) is 7. The van der Waals surface area contributed by atoms with Crippen LogP contribution in [0.3, 0.4) is 0 Å². The Balaban J connectivity index is 1.71. The number of benzene rings is 1. The van der Waals surface area contributed by atoms with Gasteiger partial charge in [-0.1, -0.05) is 18.6 Å². The van der Waals surface area contributed by atoms with Gasteiger partial charge in [-0.05, 0) is 54.2 Å². The van der Waals surface area contributed by atoms with Gasteiger partial charge in [-0.2, -0.15) is 18.2 Å². The van der Waals surface area contributed by atoms with Crippen LogP contribution in [0.25, 0.3) is 11.1 Å². The van der Waals surface area contributed by atoms with Crippen molar-refractivity contribution < 1.29 is 21.6 Å². The van der Waals surface area contributed by atoms with Gasteiger partial charge >= 0.3 is 6.18 Å². The molecule has 0 atom stereocenters. The van der Waals surface area contributed by atoms with Crippen molar-refractivity contribution >= 4 is 21.6 Å². The molecule has 0 radical (unpaired) electrons. The molecular weight excluding hydrogens is 455 g/mol. The van der Waals surface area contributed by atoms with Gasteiger partial charge in [0, 0.05) is 18.0 Å². The molecule has 174 valence electrons. The molecule has 2 heterocycles. The molecule has 0 amide bonds. The number of nitrogens with one attached hydrogen (secondary N) is 1. The van der Waals surface area contributed by atoms with Crippen molar-refractivity contribution in [2.24, 2.45) is 0 Å². The number of aromatic nitrogens is 3. The minimum atomic E-state index is -4.54. The largest absolute Gasteiger partial charge is 0.433 e. The zero-order chi connectivity index (χ0) is 23.8. The highest BCUT2D eigenvalue weighted by molar-refractivity contribution is 7.90. The summed E-state index contributed by atoms with van der Waals surface area (Å²) in [6.07, 6.45) is 1.08. The van der Waals surface area contributed by atoms with Gasteiger partial charge in [0.05, 0.1) is 17.1 Å². The smallest absolute Gasteiger partial charge is 0.368 e. The van der Waals surface area contributed by atoms with Crippen LogP contribution in [0.4, 0.5) is 24.9 Å². The first-order chi connectivity index (χ1) is 15.5. The maximum atomic E-state index is 13.0. The fourth-order valence-corrected chi connectivity index (χ4v) is 4.37. The van der Waals surface area contributed by atoms with E-state index in [4.69, 9.17) is 5.73 Å². The Morgan fingerprint density at radius 2 is 1.88 bits per heavy atom. The maximum absolute atomic E-state index is 13.0. The van der Waals surface area contributed by atoms with Gasteiger partial charge < -0.3 is 11.1 Å². The zero-order valence-electron chi connectivity index (χ0n) is 17.7. The minimum Gasteiger partial charge on any atom is -0.368 e. The molecule has 1 saturated carbocycles. The average Bonchev–Trinajstić information content (AvgIpc) is 2.70. The Labute approximate surface area is 189 Å². The number of alkyl halides is 3. The number of sulfone groups is 1. The number of nitrogens with zero attached hydrogens (tertiary/aromatic N) is 3. The first-order valence-electron chi connectivity index (χ1n) is 10.3. The Hall–Kier alpha value is -3.21. The zero-order valence-corrected chi connectivity index (χ0v) is 18.5. The maximum Gasteiger partial charge on any atom is 0.433 e. The normalized spacial score (nSPS) is 14.7. The molecule has 3 N–H and O–H groups in total. The second kappa shape index (κ2) is 8.62. The molecule has 3 aromatic rings. The summed E-state index contributed by atoms with van der Waals surface area (Å²) in [6, 6.07) is 8.61. The third-order valence-corrected chi connectivity index (χ3v) is 6.74. The lowest BCUT2D eigenvalue weighted by Crippen LogP contribution is -2.13. The van der Waals surface area contributed by atoms with E-state index < -0.39 is 21.7 Å². The molecule has 0 spiro atoms. The fourth-order valence-electron chi connectivity index (χ4n) is 3.71. The summed E-state index contributed by atoms with van der Waals surface area (Å²) in [4.78, 5) is 12.2.